The maximum Gasteiger partial charge on any atom is 0.277 e. The van der Waals surface area contributed by atoms with Crippen molar-refractivity contribution < 1.29 is 9.53 Å². The largest absolute Gasteiger partial charge is 0.439 e. The first kappa shape index (κ1) is 21.9. The molecule has 1 fully saturated rings. The van der Waals surface area contributed by atoms with Crippen molar-refractivity contribution in [2.75, 3.05) is 22.9 Å². The highest BCUT2D eigenvalue weighted by molar-refractivity contribution is 7.80. The van der Waals surface area contributed by atoms with Crippen molar-refractivity contribution in [1.82, 2.24) is 4.90 Å². The molecule has 5 nitrogen and oxygen atoms in total. The molecular weight excluding hydrogens is 442 g/mol. The third-order valence-corrected chi connectivity index (χ3v) is 6.40. The first-order valence-electron chi connectivity index (χ1n) is 11.4. The van der Waals surface area contributed by atoms with Gasteiger partial charge in [-0.3, -0.25) is 14.6 Å². The molecule has 0 atom stereocenters. The molecule has 2 aliphatic rings. The SMILES string of the molecule is CCN1C(=O)/C(=C/C=C2/Oc3ccc(-c4ccccc4)cc3N2CC)N(c2ccccc2)C1=S. The van der Waals surface area contributed by atoms with Crippen LogP contribution in [0.15, 0.2) is 103 Å². The molecule has 0 unspecified atom stereocenters. The second-order valence-corrected chi connectivity index (χ2v) is 8.32. The Balaban J connectivity index is 1.51. The summed E-state index contributed by atoms with van der Waals surface area (Å²) in [5.74, 6) is 1.37. The van der Waals surface area contributed by atoms with E-state index in [2.05, 4.69) is 36.1 Å². The van der Waals surface area contributed by atoms with Crippen molar-refractivity contribution >= 4 is 34.6 Å². The predicted octanol–water partition coefficient (Wildman–Crippen LogP) is 5.95. The Labute approximate surface area is 205 Å². The van der Waals surface area contributed by atoms with Crippen LogP contribution < -0.4 is 14.5 Å². The molecule has 0 spiro atoms. The zero-order chi connectivity index (χ0) is 23.7. The highest BCUT2D eigenvalue weighted by Crippen LogP contribution is 2.41. The van der Waals surface area contributed by atoms with Crippen LogP contribution in [0.4, 0.5) is 11.4 Å². The summed E-state index contributed by atoms with van der Waals surface area (Å²) < 4.78 is 6.18. The summed E-state index contributed by atoms with van der Waals surface area (Å²) in [5, 5.41) is 0.485. The lowest BCUT2D eigenvalue weighted by atomic mass is 10.0. The molecule has 2 aliphatic heterocycles. The van der Waals surface area contributed by atoms with Crippen molar-refractivity contribution in [3.8, 4) is 16.9 Å². The second kappa shape index (κ2) is 9.15. The Hall–Kier alpha value is -3.90. The van der Waals surface area contributed by atoms with Crippen LogP contribution in [0.1, 0.15) is 13.8 Å². The predicted molar refractivity (Wildman–Crippen MR) is 141 cm³/mol. The minimum absolute atomic E-state index is 0.113. The summed E-state index contributed by atoms with van der Waals surface area (Å²) in [4.78, 5) is 18.7. The number of thiocarbonyl (C=S) groups is 1. The smallest absolute Gasteiger partial charge is 0.277 e. The maximum absolute atomic E-state index is 13.2. The molecule has 34 heavy (non-hydrogen) atoms. The number of likely N-dealkylation sites (N-methyl/N-ethyl adjacent to an activating group) is 1. The van der Waals surface area contributed by atoms with E-state index in [9.17, 15) is 4.79 Å². The van der Waals surface area contributed by atoms with E-state index in [1.54, 1.807) is 11.0 Å². The zero-order valence-electron chi connectivity index (χ0n) is 19.1. The van der Waals surface area contributed by atoms with Crippen LogP contribution in [0.25, 0.3) is 11.1 Å². The molecule has 5 rings (SSSR count). The lowest BCUT2D eigenvalue weighted by Crippen LogP contribution is -2.32. The van der Waals surface area contributed by atoms with E-state index in [0.717, 1.165) is 34.8 Å². The van der Waals surface area contributed by atoms with Crippen LogP contribution in [0.5, 0.6) is 5.75 Å². The molecule has 0 bridgehead atoms. The fraction of sp³-hybridized carbons (Fsp3) is 0.143. The molecule has 170 valence electrons. The van der Waals surface area contributed by atoms with Gasteiger partial charge in [0, 0.05) is 24.9 Å². The van der Waals surface area contributed by atoms with Gasteiger partial charge in [0.25, 0.3) is 5.91 Å². The van der Waals surface area contributed by atoms with Crippen LogP contribution in [-0.2, 0) is 4.79 Å². The summed E-state index contributed by atoms with van der Waals surface area (Å²) in [6.07, 6.45) is 3.66. The molecular formula is C28H25N3O2S. The lowest BCUT2D eigenvalue weighted by molar-refractivity contribution is -0.122. The van der Waals surface area contributed by atoms with Gasteiger partial charge in [0.05, 0.1) is 5.69 Å². The number of hydrogen-bond donors (Lipinski definition) is 0. The highest BCUT2D eigenvalue weighted by atomic mass is 32.1. The summed E-state index contributed by atoms with van der Waals surface area (Å²) in [6, 6.07) is 26.2. The molecule has 6 heteroatoms. The van der Waals surface area contributed by atoms with Gasteiger partial charge < -0.3 is 9.64 Å². The standard InChI is InChI=1S/C28H25N3O2S/c1-3-29-24-19-21(20-11-7-5-8-12-20)15-17-25(24)33-26(29)18-16-23-27(32)30(4-2)28(34)31(23)22-13-9-6-10-14-22/h5-19H,3-4H2,1-2H3/b23-16-,26-18+. The molecule has 0 aromatic heterocycles. The van der Waals surface area contributed by atoms with Crippen LogP contribution in [-0.4, -0.2) is 29.0 Å². The Morgan fingerprint density at radius 1 is 0.824 bits per heavy atom. The first-order chi connectivity index (χ1) is 16.6. The van der Waals surface area contributed by atoms with Crippen molar-refractivity contribution in [2.45, 2.75) is 13.8 Å². The summed E-state index contributed by atoms with van der Waals surface area (Å²) in [6.45, 7) is 5.25. The number of benzene rings is 3. The summed E-state index contributed by atoms with van der Waals surface area (Å²) >= 11 is 5.64. The maximum atomic E-state index is 13.2. The molecule has 3 aromatic carbocycles. The molecule has 3 aromatic rings. The minimum atomic E-state index is -0.113. The number of rotatable bonds is 5. The monoisotopic (exact) mass is 467 g/mol. The lowest BCUT2D eigenvalue weighted by Gasteiger charge is -2.19. The van der Waals surface area contributed by atoms with E-state index in [0.29, 0.717) is 23.2 Å². The number of carbonyl (C=O) groups is 1. The molecule has 0 aliphatic carbocycles. The van der Waals surface area contributed by atoms with Gasteiger partial charge in [-0.05, 0) is 67.5 Å². The van der Waals surface area contributed by atoms with Crippen molar-refractivity contribution in [3.05, 3.63) is 103 Å². The van der Waals surface area contributed by atoms with Crippen LogP contribution in [0.3, 0.4) is 0 Å². The number of para-hydroxylation sites is 1. The van der Waals surface area contributed by atoms with Gasteiger partial charge in [-0.2, -0.15) is 0 Å². The Morgan fingerprint density at radius 3 is 2.18 bits per heavy atom. The third kappa shape index (κ3) is 3.76. The average Bonchev–Trinajstić information content (AvgIpc) is 3.35. The van der Waals surface area contributed by atoms with E-state index in [4.69, 9.17) is 17.0 Å². The Kier molecular flexibility index (Phi) is 5.90. The average molecular weight is 468 g/mol. The zero-order valence-corrected chi connectivity index (χ0v) is 20.0. The van der Waals surface area contributed by atoms with Gasteiger partial charge in [0.2, 0.25) is 5.88 Å². The van der Waals surface area contributed by atoms with Crippen molar-refractivity contribution in [2.24, 2.45) is 0 Å². The summed E-state index contributed by atoms with van der Waals surface area (Å²) in [5.41, 5.74) is 4.66. The molecule has 0 saturated carbocycles. The number of ether oxygens (including phenoxy) is 1. The van der Waals surface area contributed by atoms with Crippen molar-refractivity contribution in [1.29, 1.82) is 0 Å². The molecule has 1 amide bonds. The van der Waals surface area contributed by atoms with Gasteiger partial charge >= 0.3 is 0 Å². The van der Waals surface area contributed by atoms with E-state index < -0.39 is 0 Å². The van der Waals surface area contributed by atoms with Crippen LogP contribution in [0.2, 0.25) is 0 Å². The Bertz CT molecular complexity index is 1300. The van der Waals surface area contributed by atoms with E-state index in [1.807, 2.05) is 72.5 Å². The number of allylic oxidation sites excluding steroid dienone is 2. The molecule has 1 saturated heterocycles. The number of nitrogens with zero attached hydrogens (tertiary/aromatic N) is 3. The van der Waals surface area contributed by atoms with E-state index >= 15 is 0 Å². The number of fused-ring (bicyclic) bond motifs is 1. The number of amides is 1. The number of carbonyl (C=O) groups excluding carboxylic acids is 1. The Morgan fingerprint density at radius 2 is 1.50 bits per heavy atom. The van der Waals surface area contributed by atoms with Gasteiger partial charge in [0.15, 0.2) is 10.9 Å². The van der Waals surface area contributed by atoms with Gasteiger partial charge in [-0.15, -0.1) is 0 Å². The first-order valence-corrected chi connectivity index (χ1v) is 11.8. The molecule has 2 heterocycles. The topological polar surface area (TPSA) is 36.0 Å². The van der Waals surface area contributed by atoms with Crippen molar-refractivity contribution in [3.63, 3.8) is 0 Å². The van der Waals surface area contributed by atoms with Crippen LogP contribution in [0, 0.1) is 0 Å². The molecule has 0 radical (unpaired) electrons. The van der Waals surface area contributed by atoms with Gasteiger partial charge in [0.1, 0.15) is 5.70 Å². The second-order valence-electron chi connectivity index (χ2n) is 7.95. The van der Waals surface area contributed by atoms with Crippen LogP contribution >= 0.6 is 12.2 Å². The van der Waals surface area contributed by atoms with Gasteiger partial charge in [-0.1, -0.05) is 54.6 Å². The normalized spacial score (nSPS) is 17.6. The summed E-state index contributed by atoms with van der Waals surface area (Å²) in [7, 11) is 0. The minimum Gasteiger partial charge on any atom is -0.439 e. The fourth-order valence-electron chi connectivity index (χ4n) is 4.31. The number of anilines is 2. The third-order valence-electron chi connectivity index (χ3n) is 6.00. The van der Waals surface area contributed by atoms with E-state index in [-0.39, 0.29) is 5.91 Å². The fourth-order valence-corrected chi connectivity index (χ4v) is 4.72. The van der Waals surface area contributed by atoms with Gasteiger partial charge in [-0.25, -0.2) is 0 Å². The molecule has 0 N–H and O–H groups in total. The number of hydrogen-bond acceptors (Lipinski definition) is 4. The van der Waals surface area contributed by atoms with E-state index in [1.165, 1.54) is 0 Å². The highest BCUT2D eigenvalue weighted by Gasteiger charge is 2.37. The quantitative estimate of drug-likeness (QED) is 0.342.